The van der Waals surface area contributed by atoms with Gasteiger partial charge in [-0.15, -0.1) is 0 Å². The Hall–Kier alpha value is -1.85. The highest BCUT2D eigenvalue weighted by Gasteiger charge is 2.27. The van der Waals surface area contributed by atoms with Gasteiger partial charge in [0.15, 0.2) is 0 Å². The molecule has 2 rings (SSSR count). The molecule has 6 heteroatoms. The van der Waals surface area contributed by atoms with Gasteiger partial charge in [0.1, 0.15) is 5.56 Å². The zero-order valence-electron chi connectivity index (χ0n) is 9.64. The van der Waals surface area contributed by atoms with E-state index in [1.807, 2.05) is 0 Å². The van der Waals surface area contributed by atoms with Crippen molar-refractivity contribution in [2.75, 3.05) is 13.1 Å². The summed E-state index contributed by atoms with van der Waals surface area (Å²) in [7, 11) is 0. The van der Waals surface area contributed by atoms with Crippen molar-refractivity contribution < 1.29 is 14.7 Å². The second kappa shape index (κ2) is 4.57. The molecule has 1 aliphatic heterocycles. The van der Waals surface area contributed by atoms with E-state index in [2.05, 4.69) is 10.2 Å². The standard InChI is InChI=1S/C11H15N3O3/c1-7(15)14-4-2-3-8(6-14)10-9(11(16)17)5-12-13-10/h5,8H,2-4,6H2,1H3,(H,12,13)(H,16,17). The van der Waals surface area contributed by atoms with E-state index in [1.54, 1.807) is 4.90 Å². The Morgan fingerprint density at radius 1 is 1.59 bits per heavy atom. The van der Waals surface area contributed by atoms with Crippen LogP contribution in [0.4, 0.5) is 0 Å². The maximum atomic E-state index is 11.3. The molecule has 1 amide bonds. The Morgan fingerprint density at radius 2 is 2.35 bits per heavy atom. The van der Waals surface area contributed by atoms with Crippen LogP contribution >= 0.6 is 0 Å². The van der Waals surface area contributed by atoms with E-state index in [0.717, 1.165) is 19.4 Å². The van der Waals surface area contributed by atoms with E-state index in [9.17, 15) is 9.59 Å². The van der Waals surface area contributed by atoms with Gasteiger partial charge < -0.3 is 10.0 Å². The second-order valence-electron chi connectivity index (χ2n) is 4.31. The minimum absolute atomic E-state index is 0.0334. The number of carbonyl (C=O) groups excluding carboxylic acids is 1. The number of carbonyl (C=O) groups is 2. The van der Waals surface area contributed by atoms with Gasteiger partial charge in [-0.2, -0.15) is 5.10 Å². The molecular formula is C11H15N3O3. The number of aromatic nitrogens is 2. The summed E-state index contributed by atoms with van der Waals surface area (Å²) in [6.45, 7) is 2.85. The van der Waals surface area contributed by atoms with Gasteiger partial charge in [0, 0.05) is 25.9 Å². The molecule has 0 radical (unpaired) electrons. The minimum Gasteiger partial charge on any atom is -0.478 e. The summed E-state index contributed by atoms with van der Waals surface area (Å²) in [5.74, 6) is -0.902. The molecule has 0 bridgehead atoms. The van der Waals surface area contributed by atoms with E-state index in [-0.39, 0.29) is 17.4 Å². The lowest BCUT2D eigenvalue weighted by Crippen LogP contribution is -2.38. The van der Waals surface area contributed by atoms with Crippen molar-refractivity contribution in [2.45, 2.75) is 25.7 Å². The number of amides is 1. The molecule has 0 spiro atoms. The number of hydrogen-bond donors (Lipinski definition) is 2. The summed E-state index contributed by atoms with van der Waals surface area (Å²) >= 11 is 0. The zero-order valence-corrected chi connectivity index (χ0v) is 9.64. The summed E-state index contributed by atoms with van der Waals surface area (Å²) in [5, 5.41) is 15.5. The van der Waals surface area contributed by atoms with Crippen molar-refractivity contribution in [1.82, 2.24) is 15.1 Å². The first-order chi connectivity index (χ1) is 8.09. The summed E-state index contributed by atoms with van der Waals surface area (Å²) in [6.07, 6.45) is 3.10. The van der Waals surface area contributed by atoms with E-state index in [1.165, 1.54) is 13.1 Å². The van der Waals surface area contributed by atoms with Crippen LogP contribution in [-0.4, -0.2) is 45.2 Å². The van der Waals surface area contributed by atoms with Crippen molar-refractivity contribution in [1.29, 1.82) is 0 Å². The van der Waals surface area contributed by atoms with Gasteiger partial charge in [-0.25, -0.2) is 4.79 Å². The van der Waals surface area contributed by atoms with Crippen molar-refractivity contribution in [2.24, 2.45) is 0 Å². The largest absolute Gasteiger partial charge is 0.478 e. The molecule has 1 aromatic heterocycles. The maximum Gasteiger partial charge on any atom is 0.339 e. The van der Waals surface area contributed by atoms with Crippen LogP contribution < -0.4 is 0 Å². The first-order valence-corrected chi connectivity index (χ1v) is 5.61. The van der Waals surface area contributed by atoms with E-state index in [4.69, 9.17) is 5.11 Å². The van der Waals surface area contributed by atoms with Crippen molar-refractivity contribution in [3.63, 3.8) is 0 Å². The van der Waals surface area contributed by atoms with E-state index in [0.29, 0.717) is 12.2 Å². The molecule has 17 heavy (non-hydrogen) atoms. The average molecular weight is 237 g/mol. The molecule has 1 saturated heterocycles. The Bertz CT molecular complexity index is 441. The third kappa shape index (κ3) is 2.30. The highest BCUT2D eigenvalue weighted by Crippen LogP contribution is 2.27. The van der Waals surface area contributed by atoms with Gasteiger partial charge >= 0.3 is 5.97 Å². The highest BCUT2D eigenvalue weighted by atomic mass is 16.4. The minimum atomic E-state index is -0.978. The fourth-order valence-electron chi connectivity index (χ4n) is 2.28. The lowest BCUT2D eigenvalue weighted by molar-refractivity contribution is -0.130. The maximum absolute atomic E-state index is 11.3. The fourth-order valence-corrected chi connectivity index (χ4v) is 2.28. The van der Waals surface area contributed by atoms with Crippen LogP contribution in [0.2, 0.25) is 0 Å². The van der Waals surface area contributed by atoms with Gasteiger partial charge in [0.05, 0.1) is 11.9 Å². The molecule has 0 saturated carbocycles. The van der Waals surface area contributed by atoms with Crippen LogP contribution in [0, 0.1) is 0 Å². The van der Waals surface area contributed by atoms with E-state index >= 15 is 0 Å². The first-order valence-electron chi connectivity index (χ1n) is 5.61. The zero-order chi connectivity index (χ0) is 12.4. The molecule has 1 unspecified atom stereocenters. The summed E-state index contributed by atoms with van der Waals surface area (Å²) in [5.41, 5.74) is 0.837. The lowest BCUT2D eigenvalue weighted by Gasteiger charge is -2.31. The molecule has 1 fully saturated rings. The summed E-state index contributed by atoms with van der Waals surface area (Å²) in [6, 6.07) is 0. The quantitative estimate of drug-likeness (QED) is 0.797. The smallest absolute Gasteiger partial charge is 0.339 e. The predicted octanol–water partition coefficient (Wildman–Crippen LogP) is 0.834. The number of piperidine rings is 1. The van der Waals surface area contributed by atoms with Crippen molar-refractivity contribution >= 4 is 11.9 Å². The Labute approximate surface area is 98.6 Å². The summed E-state index contributed by atoms with van der Waals surface area (Å²) in [4.78, 5) is 24.1. The van der Waals surface area contributed by atoms with Gasteiger partial charge in [-0.3, -0.25) is 9.89 Å². The molecule has 2 heterocycles. The number of carboxylic acid groups (broad SMARTS) is 1. The normalized spacial score (nSPS) is 20.3. The van der Waals surface area contributed by atoms with Crippen LogP contribution in [0.3, 0.4) is 0 Å². The lowest BCUT2D eigenvalue weighted by atomic mass is 9.92. The number of aromatic amines is 1. The molecule has 0 aliphatic carbocycles. The Kier molecular flexibility index (Phi) is 3.12. The number of rotatable bonds is 2. The molecule has 1 aromatic rings. The number of H-pyrrole nitrogens is 1. The van der Waals surface area contributed by atoms with Crippen LogP contribution in [0.1, 0.15) is 41.7 Å². The van der Waals surface area contributed by atoms with Gasteiger partial charge in [-0.05, 0) is 12.8 Å². The Balaban J connectivity index is 2.19. The van der Waals surface area contributed by atoms with E-state index < -0.39 is 5.97 Å². The summed E-state index contributed by atoms with van der Waals surface area (Å²) < 4.78 is 0. The molecule has 1 aliphatic rings. The highest BCUT2D eigenvalue weighted by molar-refractivity contribution is 5.88. The van der Waals surface area contributed by atoms with Gasteiger partial charge in [-0.1, -0.05) is 0 Å². The van der Waals surface area contributed by atoms with Gasteiger partial charge in [0.25, 0.3) is 0 Å². The Morgan fingerprint density at radius 3 is 3.00 bits per heavy atom. The molecular weight excluding hydrogens is 222 g/mol. The second-order valence-corrected chi connectivity index (χ2v) is 4.31. The van der Waals surface area contributed by atoms with Crippen LogP contribution in [0.25, 0.3) is 0 Å². The average Bonchev–Trinajstić information content (AvgIpc) is 2.78. The number of likely N-dealkylation sites (tertiary alicyclic amines) is 1. The molecule has 2 N–H and O–H groups in total. The molecule has 6 nitrogen and oxygen atoms in total. The number of aromatic carboxylic acids is 1. The number of hydrogen-bond acceptors (Lipinski definition) is 3. The molecule has 0 aromatic carbocycles. The monoisotopic (exact) mass is 237 g/mol. The van der Waals surface area contributed by atoms with Crippen molar-refractivity contribution in [3.8, 4) is 0 Å². The van der Waals surface area contributed by atoms with Gasteiger partial charge in [0.2, 0.25) is 5.91 Å². The third-order valence-electron chi connectivity index (χ3n) is 3.17. The first kappa shape index (κ1) is 11.6. The molecule has 92 valence electrons. The number of nitrogens with zero attached hydrogens (tertiary/aromatic N) is 2. The number of nitrogens with one attached hydrogen (secondary N) is 1. The van der Waals surface area contributed by atoms with Crippen molar-refractivity contribution in [3.05, 3.63) is 17.5 Å². The predicted molar refractivity (Wildman–Crippen MR) is 59.8 cm³/mol. The number of carboxylic acids is 1. The van der Waals surface area contributed by atoms with Crippen LogP contribution in [0.5, 0.6) is 0 Å². The van der Waals surface area contributed by atoms with Crippen LogP contribution in [0.15, 0.2) is 6.20 Å². The fraction of sp³-hybridized carbons (Fsp3) is 0.545. The van der Waals surface area contributed by atoms with Crippen LogP contribution in [-0.2, 0) is 4.79 Å². The SMILES string of the molecule is CC(=O)N1CCCC(c2[nH]ncc2C(=O)O)C1. The topological polar surface area (TPSA) is 86.3 Å². The third-order valence-corrected chi connectivity index (χ3v) is 3.17. The molecule has 1 atom stereocenters.